The van der Waals surface area contributed by atoms with E-state index in [1.807, 2.05) is 0 Å². The van der Waals surface area contributed by atoms with Crippen LogP contribution in [0.2, 0.25) is 0 Å². The summed E-state index contributed by atoms with van der Waals surface area (Å²) in [5.41, 5.74) is 0.646. The minimum Gasteiger partial charge on any atom is -0.345 e. The van der Waals surface area contributed by atoms with E-state index in [0.717, 1.165) is 4.47 Å². The Morgan fingerprint density at radius 1 is 1.29 bits per heavy atom. The summed E-state index contributed by atoms with van der Waals surface area (Å²) in [6.07, 6.45) is 1.74. The second-order valence-electron chi connectivity index (χ2n) is 4.31. The number of carbonyl (C=O) groups is 1. The van der Waals surface area contributed by atoms with Crippen LogP contribution in [0.5, 0.6) is 0 Å². The summed E-state index contributed by atoms with van der Waals surface area (Å²) >= 11 is 3.29. The number of sulfonamides is 1. The topological polar surface area (TPSA) is 80.2 Å². The van der Waals surface area contributed by atoms with Crippen molar-refractivity contribution >= 4 is 37.5 Å². The van der Waals surface area contributed by atoms with Gasteiger partial charge in [-0.1, -0.05) is 12.1 Å². The van der Waals surface area contributed by atoms with Crippen LogP contribution in [0.15, 0.2) is 45.9 Å². The molecular formula is C13H14BrN3O3S. The number of hydrogen-bond donors (Lipinski definition) is 2. The molecule has 8 heteroatoms. The minimum atomic E-state index is -3.64. The third-order valence-corrected chi connectivity index (χ3v) is 4.80. The molecule has 0 bridgehead atoms. The summed E-state index contributed by atoms with van der Waals surface area (Å²) in [4.78, 5) is 12.3. The molecule has 21 heavy (non-hydrogen) atoms. The summed E-state index contributed by atoms with van der Waals surface area (Å²) < 4.78 is 28.5. The normalized spacial score (nSPS) is 11.4. The van der Waals surface area contributed by atoms with Crippen molar-refractivity contribution in [2.75, 3.05) is 12.4 Å². The number of benzene rings is 1. The molecule has 0 aliphatic rings. The highest BCUT2D eigenvalue weighted by Crippen LogP contribution is 2.22. The lowest BCUT2D eigenvalue weighted by Gasteiger charge is -2.11. The Morgan fingerprint density at radius 3 is 2.52 bits per heavy atom. The van der Waals surface area contributed by atoms with Gasteiger partial charge in [0.1, 0.15) is 10.6 Å². The molecule has 0 unspecified atom stereocenters. The van der Waals surface area contributed by atoms with E-state index in [0.29, 0.717) is 5.69 Å². The predicted octanol–water partition coefficient (Wildman–Crippen LogP) is 1.95. The lowest BCUT2D eigenvalue weighted by atomic mass is 10.3. The first-order valence-corrected chi connectivity index (χ1v) is 8.28. The molecule has 6 nitrogen and oxygen atoms in total. The van der Waals surface area contributed by atoms with Gasteiger partial charge in [-0.25, -0.2) is 13.1 Å². The number of nitrogens with one attached hydrogen (secondary N) is 2. The first-order valence-electron chi connectivity index (χ1n) is 6.01. The first kappa shape index (κ1) is 15.7. The second kappa shape index (κ2) is 6.00. The van der Waals surface area contributed by atoms with Crippen LogP contribution in [-0.2, 0) is 17.1 Å². The summed E-state index contributed by atoms with van der Waals surface area (Å²) in [5, 5.41) is 2.62. The number of anilines is 1. The number of amides is 1. The number of rotatable bonds is 4. The van der Waals surface area contributed by atoms with E-state index in [4.69, 9.17) is 0 Å². The van der Waals surface area contributed by atoms with E-state index in [1.165, 1.54) is 13.1 Å². The number of nitrogens with zero attached hydrogens (tertiary/aromatic N) is 1. The molecular weight excluding hydrogens is 358 g/mol. The highest BCUT2D eigenvalue weighted by molar-refractivity contribution is 9.10. The van der Waals surface area contributed by atoms with E-state index in [-0.39, 0.29) is 16.5 Å². The molecule has 0 radical (unpaired) electrons. The standard InChI is InChI=1S/C13H14BrN3O3S/c1-15-21(19,20)12-6-4-3-5-10(12)16-13(18)11-7-9(14)8-17(11)2/h3-8,15H,1-2H3,(H,16,18). The molecule has 2 rings (SSSR count). The van der Waals surface area contributed by atoms with Crippen molar-refractivity contribution in [1.82, 2.24) is 9.29 Å². The van der Waals surface area contributed by atoms with Crippen LogP contribution in [0.1, 0.15) is 10.5 Å². The summed E-state index contributed by atoms with van der Waals surface area (Å²) in [6.45, 7) is 0. The van der Waals surface area contributed by atoms with Crippen LogP contribution in [0.25, 0.3) is 0 Å². The van der Waals surface area contributed by atoms with Crippen molar-refractivity contribution in [2.24, 2.45) is 7.05 Å². The highest BCUT2D eigenvalue weighted by Gasteiger charge is 2.19. The van der Waals surface area contributed by atoms with Crippen LogP contribution in [0.4, 0.5) is 5.69 Å². The fourth-order valence-corrected chi connectivity index (χ4v) is 3.26. The molecule has 112 valence electrons. The maximum Gasteiger partial charge on any atom is 0.272 e. The fourth-order valence-electron chi connectivity index (χ4n) is 1.85. The van der Waals surface area contributed by atoms with Gasteiger partial charge >= 0.3 is 0 Å². The van der Waals surface area contributed by atoms with Gasteiger partial charge in [0.25, 0.3) is 5.91 Å². The molecule has 0 saturated carbocycles. The number of halogens is 1. The molecule has 1 amide bonds. The molecule has 1 heterocycles. The van der Waals surface area contributed by atoms with Gasteiger partial charge in [-0.15, -0.1) is 0 Å². The molecule has 1 aromatic heterocycles. The lowest BCUT2D eigenvalue weighted by molar-refractivity contribution is 0.101. The van der Waals surface area contributed by atoms with Crippen molar-refractivity contribution in [3.05, 3.63) is 46.7 Å². The number of hydrogen-bond acceptors (Lipinski definition) is 3. The van der Waals surface area contributed by atoms with Crippen molar-refractivity contribution in [2.45, 2.75) is 4.90 Å². The Labute approximate surface area is 131 Å². The second-order valence-corrected chi connectivity index (χ2v) is 7.08. The molecule has 0 aliphatic heterocycles. The maximum atomic E-state index is 12.2. The third kappa shape index (κ3) is 3.34. The van der Waals surface area contributed by atoms with E-state index in [9.17, 15) is 13.2 Å². The summed E-state index contributed by atoms with van der Waals surface area (Å²) in [5.74, 6) is -0.387. The third-order valence-electron chi connectivity index (χ3n) is 2.90. The summed E-state index contributed by atoms with van der Waals surface area (Å²) in [6, 6.07) is 7.89. The van der Waals surface area contributed by atoms with Crippen molar-refractivity contribution in [3.8, 4) is 0 Å². The monoisotopic (exact) mass is 371 g/mol. The van der Waals surface area contributed by atoms with E-state index in [1.54, 1.807) is 42.1 Å². The van der Waals surface area contributed by atoms with Crippen LogP contribution in [0, 0.1) is 0 Å². The van der Waals surface area contributed by atoms with Gasteiger partial charge in [0.2, 0.25) is 10.0 Å². The highest BCUT2D eigenvalue weighted by atomic mass is 79.9. The molecule has 1 aromatic carbocycles. The first-order chi connectivity index (χ1) is 9.85. The maximum absolute atomic E-state index is 12.2. The Kier molecular flexibility index (Phi) is 4.50. The van der Waals surface area contributed by atoms with Crippen molar-refractivity contribution in [3.63, 3.8) is 0 Å². The Morgan fingerprint density at radius 2 is 1.95 bits per heavy atom. The van der Waals surface area contributed by atoms with Crippen LogP contribution >= 0.6 is 15.9 Å². The molecule has 0 atom stereocenters. The number of aryl methyl sites for hydroxylation is 1. The molecule has 0 fully saturated rings. The van der Waals surface area contributed by atoms with Gasteiger partial charge in [-0.2, -0.15) is 0 Å². The number of carbonyl (C=O) groups excluding carboxylic acids is 1. The predicted molar refractivity (Wildman–Crippen MR) is 83.8 cm³/mol. The molecule has 0 saturated heterocycles. The Bertz CT molecular complexity index is 784. The zero-order chi connectivity index (χ0) is 15.6. The lowest BCUT2D eigenvalue weighted by Crippen LogP contribution is -2.22. The molecule has 2 aromatic rings. The number of para-hydroxylation sites is 1. The number of aromatic nitrogens is 1. The smallest absolute Gasteiger partial charge is 0.272 e. The SMILES string of the molecule is CNS(=O)(=O)c1ccccc1NC(=O)c1cc(Br)cn1C. The molecule has 0 spiro atoms. The molecule has 0 aliphatic carbocycles. The van der Waals surface area contributed by atoms with E-state index < -0.39 is 10.0 Å². The van der Waals surface area contributed by atoms with Gasteiger partial charge in [0.05, 0.1) is 5.69 Å². The van der Waals surface area contributed by atoms with E-state index in [2.05, 4.69) is 26.0 Å². The van der Waals surface area contributed by atoms with E-state index >= 15 is 0 Å². The van der Waals surface area contributed by atoms with Gasteiger partial charge in [0, 0.05) is 17.7 Å². The Balaban J connectivity index is 2.37. The zero-order valence-electron chi connectivity index (χ0n) is 11.4. The fraction of sp³-hybridized carbons (Fsp3) is 0.154. The van der Waals surface area contributed by atoms with Gasteiger partial charge < -0.3 is 9.88 Å². The van der Waals surface area contributed by atoms with Gasteiger partial charge in [-0.3, -0.25) is 4.79 Å². The van der Waals surface area contributed by atoms with Crippen molar-refractivity contribution < 1.29 is 13.2 Å². The zero-order valence-corrected chi connectivity index (χ0v) is 13.8. The average molecular weight is 372 g/mol. The summed E-state index contributed by atoms with van der Waals surface area (Å²) in [7, 11) is -0.589. The van der Waals surface area contributed by atoms with Crippen LogP contribution in [-0.4, -0.2) is 25.9 Å². The van der Waals surface area contributed by atoms with Crippen LogP contribution < -0.4 is 10.0 Å². The molecule has 2 N–H and O–H groups in total. The largest absolute Gasteiger partial charge is 0.345 e. The minimum absolute atomic E-state index is 0.0223. The average Bonchev–Trinajstić information content (AvgIpc) is 2.78. The van der Waals surface area contributed by atoms with Gasteiger partial charge in [0.15, 0.2) is 0 Å². The van der Waals surface area contributed by atoms with Crippen molar-refractivity contribution in [1.29, 1.82) is 0 Å². The quantitative estimate of drug-likeness (QED) is 0.861. The van der Waals surface area contributed by atoms with Gasteiger partial charge in [-0.05, 0) is 41.2 Å². The van der Waals surface area contributed by atoms with Crippen LogP contribution in [0.3, 0.4) is 0 Å². The Hall–Kier alpha value is -1.64.